The van der Waals surface area contributed by atoms with Gasteiger partial charge in [0.2, 0.25) is 0 Å². The monoisotopic (exact) mass is 379 g/mol. The number of aliphatic hydroxyl groups is 1. The van der Waals surface area contributed by atoms with E-state index in [4.69, 9.17) is 9.97 Å². The van der Waals surface area contributed by atoms with Gasteiger partial charge in [-0.3, -0.25) is 0 Å². The number of aromatic nitrogens is 4. The van der Waals surface area contributed by atoms with Gasteiger partial charge in [-0.05, 0) is 38.5 Å². The second kappa shape index (κ2) is 7.62. The van der Waals surface area contributed by atoms with E-state index in [-0.39, 0.29) is 0 Å². The van der Waals surface area contributed by atoms with E-state index in [1.54, 1.807) is 24.9 Å². The van der Waals surface area contributed by atoms with E-state index >= 15 is 0 Å². The van der Waals surface area contributed by atoms with Crippen LogP contribution in [0.2, 0.25) is 0 Å². The number of hydrogen-bond acceptors (Lipinski definition) is 7. The summed E-state index contributed by atoms with van der Waals surface area (Å²) in [7, 11) is 0. The van der Waals surface area contributed by atoms with Crippen molar-refractivity contribution in [2.75, 3.05) is 11.4 Å². The largest absolute Gasteiger partial charge is 0.385 e. The van der Waals surface area contributed by atoms with Crippen molar-refractivity contribution in [3.8, 4) is 0 Å². The van der Waals surface area contributed by atoms with Gasteiger partial charge in [0, 0.05) is 23.2 Å². The molecule has 1 aliphatic rings. The lowest BCUT2D eigenvalue weighted by atomic mass is 10.1. The van der Waals surface area contributed by atoms with Gasteiger partial charge < -0.3 is 10.0 Å². The molecule has 138 valence electrons. The number of fused-ring (bicyclic) bond motifs is 1. The molecule has 1 aromatic carbocycles. The first kappa shape index (κ1) is 17.9. The van der Waals surface area contributed by atoms with Crippen LogP contribution in [0.4, 0.5) is 5.82 Å². The number of anilines is 1. The fourth-order valence-electron chi connectivity index (χ4n) is 3.14. The molecular weight excluding hydrogens is 358 g/mol. The van der Waals surface area contributed by atoms with Crippen molar-refractivity contribution in [1.82, 2.24) is 19.9 Å². The van der Waals surface area contributed by atoms with Crippen molar-refractivity contribution in [1.29, 1.82) is 0 Å². The van der Waals surface area contributed by atoms with Crippen molar-refractivity contribution in [2.24, 2.45) is 0 Å². The quantitative estimate of drug-likeness (QED) is 0.697. The van der Waals surface area contributed by atoms with E-state index in [0.29, 0.717) is 12.4 Å². The summed E-state index contributed by atoms with van der Waals surface area (Å²) in [6.45, 7) is 5.12. The van der Waals surface area contributed by atoms with Gasteiger partial charge in [-0.1, -0.05) is 30.0 Å². The summed E-state index contributed by atoms with van der Waals surface area (Å²) in [5, 5.41) is 10.8. The van der Waals surface area contributed by atoms with Crippen LogP contribution in [0.15, 0.2) is 52.5 Å². The van der Waals surface area contributed by atoms with Crippen LogP contribution in [0, 0.1) is 6.92 Å². The highest BCUT2D eigenvalue weighted by Gasteiger charge is 2.23. The second-order valence-electron chi connectivity index (χ2n) is 6.54. The minimum atomic E-state index is -0.680. The van der Waals surface area contributed by atoms with Crippen LogP contribution in [0.1, 0.15) is 35.9 Å². The predicted octanol–water partition coefficient (Wildman–Crippen LogP) is 3.34. The molecule has 7 heteroatoms. The van der Waals surface area contributed by atoms with Crippen molar-refractivity contribution in [3.05, 3.63) is 65.5 Å². The SMILES string of the molecule is Cc1nc2c(c(Sc3ccccc3)n1)CCN(c1ccnc(C(C)O)n1)C2. The van der Waals surface area contributed by atoms with E-state index in [1.807, 2.05) is 31.2 Å². The van der Waals surface area contributed by atoms with Crippen molar-refractivity contribution in [2.45, 2.75) is 42.8 Å². The highest BCUT2D eigenvalue weighted by atomic mass is 32.2. The van der Waals surface area contributed by atoms with Crippen LogP contribution < -0.4 is 4.90 Å². The fourth-order valence-corrected chi connectivity index (χ4v) is 4.17. The summed E-state index contributed by atoms with van der Waals surface area (Å²) in [5.74, 6) is 2.04. The zero-order valence-electron chi connectivity index (χ0n) is 15.3. The van der Waals surface area contributed by atoms with Crippen LogP contribution in [-0.2, 0) is 13.0 Å². The first-order chi connectivity index (χ1) is 13.1. The van der Waals surface area contributed by atoms with Crippen LogP contribution in [0.3, 0.4) is 0 Å². The topological polar surface area (TPSA) is 75.0 Å². The maximum Gasteiger partial charge on any atom is 0.158 e. The van der Waals surface area contributed by atoms with Gasteiger partial charge in [-0.25, -0.2) is 19.9 Å². The molecule has 0 spiro atoms. The van der Waals surface area contributed by atoms with E-state index < -0.39 is 6.10 Å². The van der Waals surface area contributed by atoms with E-state index in [9.17, 15) is 5.11 Å². The average molecular weight is 379 g/mol. The Morgan fingerprint density at radius 3 is 2.70 bits per heavy atom. The molecule has 4 rings (SSSR count). The van der Waals surface area contributed by atoms with E-state index in [1.165, 1.54) is 10.5 Å². The highest BCUT2D eigenvalue weighted by molar-refractivity contribution is 7.99. The first-order valence-corrected chi connectivity index (χ1v) is 9.77. The molecule has 0 saturated carbocycles. The Hall–Kier alpha value is -2.51. The lowest BCUT2D eigenvalue weighted by molar-refractivity contribution is 0.189. The maximum atomic E-state index is 9.75. The summed E-state index contributed by atoms with van der Waals surface area (Å²) < 4.78 is 0. The molecule has 1 N–H and O–H groups in total. The number of nitrogens with zero attached hydrogens (tertiary/aromatic N) is 5. The number of aryl methyl sites for hydroxylation is 1. The molecule has 27 heavy (non-hydrogen) atoms. The molecule has 0 radical (unpaired) electrons. The number of rotatable bonds is 4. The Morgan fingerprint density at radius 2 is 1.93 bits per heavy atom. The third-order valence-electron chi connectivity index (χ3n) is 4.45. The summed E-state index contributed by atoms with van der Waals surface area (Å²) in [6, 6.07) is 12.2. The van der Waals surface area contributed by atoms with Crippen molar-refractivity contribution in [3.63, 3.8) is 0 Å². The maximum absolute atomic E-state index is 9.75. The molecule has 0 saturated heterocycles. The Kier molecular flexibility index (Phi) is 5.05. The highest BCUT2D eigenvalue weighted by Crippen LogP contribution is 2.33. The molecule has 0 amide bonds. The van der Waals surface area contributed by atoms with Crippen molar-refractivity contribution >= 4 is 17.6 Å². The molecule has 0 bridgehead atoms. The predicted molar refractivity (Wildman–Crippen MR) is 105 cm³/mol. The summed E-state index contributed by atoms with van der Waals surface area (Å²) in [4.78, 5) is 21.4. The third kappa shape index (κ3) is 3.94. The average Bonchev–Trinajstić information content (AvgIpc) is 2.68. The lowest BCUT2D eigenvalue weighted by Crippen LogP contribution is -2.33. The van der Waals surface area contributed by atoms with Crippen LogP contribution in [0.25, 0.3) is 0 Å². The van der Waals surface area contributed by atoms with E-state index in [0.717, 1.165) is 35.3 Å². The number of aliphatic hydroxyl groups excluding tert-OH is 1. The van der Waals surface area contributed by atoms with Crippen LogP contribution >= 0.6 is 11.8 Å². The van der Waals surface area contributed by atoms with Crippen LogP contribution in [0.5, 0.6) is 0 Å². The summed E-state index contributed by atoms with van der Waals surface area (Å²) in [6.07, 6.45) is 1.88. The Labute approximate surface area is 162 Å². The molecule has 3 heterocycles. The Morgan fingerprint density at radius 1 is 1.11 bits per heavy atom. The van der Waals surface area contributed by atoms with Gasteiger partial charge in [0.15, 0.2) is 5.82 Å². The smallest absolute Gasteiger partial charge is 0.158 e. The zero-order chi connectivity index (χ0) is 18.8. The molecule has 3 aromatic rings. The van der Waals surface area contributed by atoms with Gasteiger partial charge in [0.1, 0.15) is 22.8 Å². The lowest BCUT2D eigenvalue weighted by Gasteiger charge is -2.30. The Balaban J connectivity index is 1.62. The molecule has 0 fully saturated rings. The summed E-state index contributed by atoms with van der Waals surface area (Å²) in [5.41, 5.74) is 2.26. The van der Waals surface area contributed by atoms with Gasteiger partial charge in [0.25, 0.3) is 0 Å². The minimum absolute atomic E-state index is 0.442. The molecule has 0 aliphatic carbocycles. The molecule has 1 atom stereocenters. The molecule has 6 nitrogen and oxygen atoms in total. The second-order valence-corrected chi connectivity index (χ2v) is 7.60. The summed E-state index contributed by atoms with van der Waals surface area (Å²) >= 11 is 1.69. The molecule has 2 aromatic heterocycles. The number of benzene rings is 1. The molecule has 1 aliphatic heterocycles. The van der Waals surface area contributed by atoms with Crippen LogP contribution in [-0.4, -0.2) is 31.6 Å². The zero-order valence-corrected chi connectivity index (χ0v) is 16.1. The van der Waals surface area contributed by atoms with Gasteiger partial charge in [-0.15, -0.1) is 0 Å². The standard InChI is InChI=1S/C20H21N5OS/c1-13(26)19-21-10-8-18(24-19)25-11-9-16-17(12-25)22-14(2)23-20(16)27-15-6-4-3-5-7-15/h3-8,10,13,26H,9,11-12H2,1-2H3. The van der Waals surface area contributed by atoms with E-state index in [2.05, 4.69) is 27.0 Å². The molecular formula is C20H21N5OS. The minimum Gasteiger partial charge on any atom is -0.385 e. The van der Waals surface area contributed by atoms with Gasteiger partial charge >= 0.3 is 0 Å². The van der Waals surface area contributed by atoms with Gasteiger partial charge in [-0.2, -0.15) is 0 Å². The third-order valence-corrected chi connectivity index (χ3v) is 5.49. The first-order valence-electron chi connectivity index (χ1n) is 8.95. The fraction of sp³-hybridized carbons (Fsp3) is 0.300. The molecule has 1 unspecified atom stereocenters. The number of hydrogen-bond donors (Lipinski definition) is 1. The normalized spacial score (nSPS) is 14.7. The Bertz CT molecular complexity index is 948. The van der Waals surface area contributed by atoms with Crippen molar-refractivity contribution < 1.29 is 5.11 Å². The van der Waals surface area contributed by atoms with Gasteiger partial charge in [0.05, 0.1) is 12.2 Å².